The van der Waals surface area contributed by atoms with Crippen molar-refractivity contribution in [1.82, 2.24) is 10.6 Å². The van der Waals surface area contributed by atoms with E-state index in [1.165, 1.54) is 0 Å². The van der Waals surface area contributed by atoms with E-state index in [4.69, 9.17) is 9.84 Å². The highest BCUT2D eigenvalue weighted by Crippen LogP contribution is 2.22. The molecule has 0 bridgehead atoms. The summed E-state index contributed by atoms with van der Waals surface area (Å²) >= 11 is 0. The van der Waals surface area contributed by atoms with Crippen molar-refractivity contribution < 1.29 is 23.4 Å². The first kappa shape index (κ1) is 18.6. The molecule has 24 heavy (non-hydrogen) atoms. The lowest BCUT2D eigenvalue weighted by molar-refractivity contribution is 0.0936. The number of hydrogen-bond acceptors (Lipinski definition) is 4. The summed E-state index contributed by atoms with van der Waals surface area (Å²) in [5, 5.41) is 14.2. The maximum Gasteiger partial charge on any atom is 0.257 e. The minimum Gasteiger partial charge on any atom is -0.493 e. The van der Waals surface area contributed by atoms with E-state index in [0.29, 0.717) is 12.5 Å². The van der Waals surface area contributed by atoms with Crippen LogP contribution in [0.1, 0.15) is 36.0 Å². The SMILES string of the molecule is O=C(NCCO)c1c(F)cc(OCCCC2CCNCC2)cc1F. The van der Waals surface area contributed by atoms with Crippen LogP contribution in [-0.2, 0) is 0 Å². The second kappa shape index (κ2) is 9.54. The molecule has 0 atom stereocenters. The fraction of sp³-hybridized carbons (Fsp3) is 0.588. The van der Waals surface area contributed by atoms with E-state index in [2.05, 4.69) is 10.6 Å². The van der Waals surface area contributed by atoms with E-state index in [9.17, 15) is 13.6 Å². The summed E-state index contributed by atoms with van der Waals surface area (Å²) in [6.45, 7) is 2.11. The minimum atomic E-state index is -0.973. The van der Waals surface area contributed by atoms with Gasteiger partial charge in [0.1, 0.15) is 22.9 Å². The highest BCUT2D eigenvalue weighted by Gasteiger charge is 2.19. The Morgan fingerprint density at radius 3 is 2.58 bits per heavy atom. The van der Waals surface area contributed by atoms with Crippen LogP contribution >= 0.6 is 0 Å². The summed E-state index contributed by atoms with van der Waals surface area (Å²) < 4.78 is 33.3. The maximum atomic E-state index is 13.9. The second-order valence-corrected chi connectivity index (χ2v) is 5.93. The van der Waals surface area contributed by atoms with Crippen molar-refractivity contribution in [2.45, 2.75) is 25.7 Å². The molecule has 1 fully saturated rings. The minimum absolute atomic E-state index is 0.0628. The molecule has 1 aromatic rings. The quantitative estimate of drug-likeness (QED) is 0.631. The van der Waals surface area contributed by atoms with E-state index < -0.39 is 23.1 Å². The number of rotatable bonds is 8. The third-order valence-corrected chi connectivity index (χ3v) is 4.12. The van der Waals surface area contributed by atoms with Crippen LogP contribution in [0.3, 0.4) is 0 Å². The monoisotopic (exact) mass is 342 g/mol. The predicted octanol–water partition coefficient (Wildman–Crippen LogP) is 1.85. The molecule has 0 aromatic heterocycles. The molecule has 134 valence electrons. The van der Waals surface area contributed by atoms with Gasteiger partial charge in [0.15, 0.2) is 0 Å². The maximum absolute atomic E-state index is 13.9. The van der Waals surface area contributed by atoms with Crippen LogP contribution in [0.25, 0.3) is 0 Å². The van der Waals surface area contributed by atoms with E-state index in [1.807, 2.05) is 0 Å². The Morgan fingerprint density at radius 1 is 1.29 bits per heavy atom. The highest BCUT2D eigenvalue weighted by molar-refractivity contribution is 5.94. The van der Waals surface area contributed by atoms with Crippen LogP contribution in [0.15, 0.2) is 12.1 Å². The number of nitrogens with one attached hydrogen (secondary N) is 2. The molecule has 0 aliphatic carbocycles. The number of piperidine rings is 1. The van der Waals surface area contributed by atoms with Gasteiger partial charge in [0.05, 0.1) is 13.2 Å². The van der Waals surface area contributed by atoms with Gasteiger partial charge in [-0.15, -0.1) is 0 Å². The summed E-state index contributed by atoms with van der Waals surface area (Å²) in [6.07, 6.45) is 4.17. The Balaban J connectivity index is 1.84. The van der Waals surface area contributed by atoms with Gasteiger partial charge in [-0.25, -0.2) is 8.78 Å². The zero-order chi connectivity index (χ0) is 17.4. The zero-order valence-electron chi connectivity index (χ0n) is 13.6. The zero-order valence-corrected chi connectivity index (χ0v) is 13.6. The molecule has 1 amide bonds. The molecule has 1 heterocycles. The molecule has 0 spiro atoms. The van der Waals surface area contributed by atoms with E-state index >= 15 is 0 Å². The van der Waals surface area contributed by atoms with Gasteiger partial charge in [-0.2, -0.15) is 0 Å². The van der Waals surface area contributed by atoms with Crippen LogP contribution in [0.5, 0.6) is 5.75 Å². The fourth-order valence-electron chi connectivity index (χ4n) is 2.84. The Kier molecular flexibility index (Phi) is 7.39. The number of ether oxygens (including phenoxy) is 1. The number of carbonyl (C=O) groups is 1. The largest absolute Gasteiger partial charge is 0.493 e. The summed E-state index contributed by atoms with van der Waals surface area (Å²) in [5.41, 5.74) is -0.662. The van der Waals surface area contributed by atoms with Crippen molar-refractivity contribution in [3.8, 4) is 5.75 Å². The van der Waals surface area contributed by atoms with Gasteiger partial charge < -0.3 is 20.5 Å². The van der Waals surface area contributed by atoms with Crippen molar-refractivity contribution in [3.05, 3.63) is 29.3 Å². The van der Waals surface area contributed by atoms with Crippen LogP contribution < -0.4 is 15.4 Å². The summed E-state index contributed by atoms with van der Waals surface area (Å²) in [7, 11) is 0. The van der Waals surface area contributed by atoms with Crippen LogP contribution in [-0.4, -0.2) is 43.9 Å². The van der Waals surface area contributed by atoms with Gasteiger partial charge in [0.2, 0.25) is 0 Å². The second-order valence-electron chi connectivity index (χ2n) is 5.93. The van der Waals surface area contributed by atoms with Gasteiger partial charge in [-0.05, 0) is 44.7 Å². The molecule has 5 nitrogen and oxygen atoms in total. The van der Waals surface area contributed by atoms with Crippen molar-refractivity contribution >= 4 is 5.91 Å². The average Bonchev–Trinajstić information content (AvgIpc) is 2.57. The summed E-state index contributed by atoms with van der Waals surface area (Å²) in [5.74, 6) is -2.08. The topological polar surface area (TPSA) is 70.6 Å². The highest BCUT2D eigenvalue weighted by atomic mass is 19.1. The van der Waals surface area contributed by atoms with Gasteiger partial charge in [-0.3, -0.25) is 4.79 Å². The molecular formula is C17H24F2N2O3. The molecule has 0 radical (unpaired) electrons. The van der Waals surface area contributed by atoms with Crippen molar-refractivity contribution in [3.63, 3.8) is 0 Å². The number of carbonyl (C=O) groups excluding carboxylic acids is 1. The Morgan fingerprint density at radius 2 is 1.96 bits per heavy atom. The van der Waals surface area contributed by atoms with E-state index in [0.717, 1.165) is 50.9 Å². The lowest BCUT2D eigenvalue weighted by atomic mass is 9.93. The smallest absolute Gasteiger partial charge is 0.257 e. The first-order chi connectivity index (χ1) is 11.6. The van der Waals surface area contributed by atoms with E-state index in [1.54, 1.807) is 0 Å². The summed E-state index contributed by atoms with van der Waals surface area (Å²) in [4.78, 5) is 11.6. The molecule has 0 unspecified atom stereocenters. The lowest BCUT2D eigenvalue weighted by Gasteiger charge is -2.22. The van der Waals surface area contributed by atoms with Gasteiger partial charge in [0.25, 0.3) is 5.91 Å². The molecule has 3 N–H and O–H groups in total. The number of hydrogen-bond donors (Lipinski definition) is 3. The molecule has 1 aliphatic heterocycles. The van der Waals surface area contributed by atoms with Gasteiger partial charge in [0, 0.05) is 18.7 Å². The first-order valence-electron chi connectivity index (χ1n) is 8.33. The number of aliphatic hydroxyl groups excluding tert-OH is 1. The first-order valence-corrected chi connectivity index (χ1v) is 8.33. The number of halogens is 2. The lowest BCUT2D eigenvalue weighted by Crippen LogP contribution is -2.28. The third-order valence-electron chi connectivity index (χ3n) is 4.12. The molecule has 2 rings (SSSR count). The number of benzene rings is 1. The van der Waals surface area contributed by atoms with Crippen molar-refractivity contribution in [1.29, 1.82) is 0 Å². The molecule has 0 saturated carbocycles. The molecule has 7 heteroatoms. The average molecular weight is 342 g/mol. The molecular weight excluding hydrogens is 318 g/mol. The Labute approximate surface area is 140 Å². The molecule has 1 saturated heterocycles. The standard InChI is InChI=1S/C17H24F2N2O3/c18-14-10-13(11-15(19)16(14)17(23)21-7-8-22)24-9-1-2-12-3-5-20-6-4-12/h10-12,20,22H,1-9H2,(H,21,23). The fourth-order valence-corrected chi connectivity index (χ4v) is 2.84. The van der Waals surface area contributed by atoms with Crippen molar-refractivity contribution in [2.75, 3.05) is 32.8 Å². The van der Waals surface area contributed by atoms with Crippen LogP contribution in [0.2, 0.25) is 0 Å². The van der Waals surface area contributed by atoms with E-state index in [-0.39, 0.29) is 18.9 Å². The molecule has 1 aliphatic rings. The van der Waals surface area contributed by atoms with Gasteiger partial charge >= 0.3 is 0 Å². The van der Waals surface area contributed by atoms with Crippen LogP contribution in [0, 0.1) is 17.6 Å². The number of amides is 1. The molecule has 1 aromatic carbocycles. The van der Waals surface area contributed by atoms with Crippen LogP contribution in [0.4, 0.5) is 8.78 Å². The normalized spacial score (nSPS) is 15.3. The van der Waals surface area contributed by atoms with Crippen molar-refractivity contribution in [2.24, 2.45) is 5.92 Å². The number of aliphatic hydroxyl groups is 1. The Bertz CT molecular complexity index is 526. The van der Waals surface area contributed by atoms with Gasteiger partial charge in [-0.1, -0.05) is 0 Å². The Hall–Kier alpha value is -1.73. The predicted molar refractivity (Wildman–Crippen MR) is 86.1 cm³/mol. The third kappa shape index (κ3) is 5.42. The summed E-state index contributed by atoms with van der Waals surface area (Å²) in [6, 6.07) is 2.03.